The minimum Gasteiger partial charge on any atom is -0.389 e. The largest absolute Gasteiger partial charge is 0.389 e. The molecule has 1 aromatic carbocycles. The van der Waals surface area contributed by atoms with E-state index in [9.17, 15) is 5.11 Å². The van der Waals surface area contributed by atoms with Crippen molar-refractivity contribution in [2.45, 2.75) is 52.7 Å². The van der Waals surface area contributed by atoms with Gasteiger partial charge in [0, 0.05) is 13.0 Å². The van der Waals surface area contributed by atoms with E-state index in [0.717, 1.165) is 24.3 Å². The van der Waals surface area contributed by atoms with Crippen LogP contribution >= 0.6 is 0 Å². The number of para-hydroxylation sites is 2. The van der Waals surface area contributed by atoms with Gasteiger partial charge in [-0.3, -0.25) is 0 Å². The van der Waals surface area contributed by atoms with Gasteiger partial charge < -0.3 is 9.67 Å². The van der Waals surface area contributed by atoms with Gasteiger partial charge in [0.2, 0.25) is 0 Å². The van der Waals surface area contributed by atoms with Gasteiger partial charge in [0.05, 0.1) is 16.6 Å². The van der Waals surface area contributed by atoms with E-state index in [-0.39, 0.29) is 5.92 Å². The average Bonchev–Trinajstić information content (AvgIpc) is 2.67. The summed E-state index contributed by atoms with van der Waals surface area (Å²) in [5.41, 5.74) is 1.47. The van der Waals surface area contributed by atoms with Crippen LogP contribution in [0.25, 0.3) is 11.0 Å². The smallest absolute Gasteiger partial charge is 0.112 e. The predicted octanol–water partition coefficient (Wildman–Crippen LogP) is 3.40. The van der Waals surface area contributed by atoms with Crippen molar-refractivity contribution in [1.29, 1.82) is 0 Å². The molecule has 0 radical (unpaired) electrons. The summed E-state index contributed by atoms with van der Waals surface area (Å²) in [4.78, 5) is 4.70. The van der Waals surface area contributed by atoms with E-state index < -0.39 is 5.60 Å². The lowest BCUT2D eigenvalue weighted by Gasteiger charge is -2.27. The fraction of sp³-hybridized carbons (Fsp3) is 0.562. The standard InChI is InChI=1S/C16H24N2O/c1-5-10-18-14-9-7-6-8-13(14)17-15(18)11-16(4,19)12(2)3/h6-9,12,19H,5,10-11H2,1-4H3. The van der Waals surface area contributed by atoms with Crippen molar-refractivity contribution in [1.82, 2.24) is 9.55 Å². The second-order valence-electron chi connectivity index (χ2n) is 5.86. The molecule has 1 heterocycles. The van der Waals surface area contributed by atoms with Crippen LogP contribution in [-0.4, -0.2) is 20.3 Å². The van der Waals surface area contributed by atoms with E-state index in [1.807, 2.05) is 39.0 Å². The van der Waals surface area contributed by atoms with Crippen molar-refractivity contribution >= 4 is 11.0 Å². The molecule has 2 aromatic rings. The molecular weight excluding hydrogens is 236 g/mol. The molecule has 0 fully saturated rings. The molecule has 0 aliphatic carbocycles. The summed E-state index contributed by atoms with van der Waals surface area (Å²) in [6, 6.07) is 8.19. The lowest BCUT2D eigenvalue weighted by Crippen LogP contribution is -2.34. The second kappa shape index (κ2) is 5.33. The van der Waals surface area contributed by atoms with Crippen LogP contribution in [0.5, 0.6) is 0 Å². The first kappa shape index (κ1) is 14.1. The van der Waals surface area contributed by atoms with Crippen molar-refractivity contribution < 1.29 is 5.11 Å². The Balaban J connectivity index is 2.44. The van der Waals surface area contributed by atoms with Crippen LogP contribution in [0.4, 0.5) is 0 Å². The van der Waals surface area contributed by atoms with Crippen LogP contribution in [0.1, 0.15) is 39.9 Å². The molecule has 104 valence electrons. The highest BCUT2D eigenvalue weighted by Crippen LogP contribution is 2.24. The Morgan fingerprint density at radius 1 is 1.32 bits per heavy atom. The zero-order chi connectivity index (χ0) is 14.0. The molecule has 0 aliphatic rings. The van der Waals surface area contributed by atoms with Crippen molar-refractivity contribution in [3.63, 3.8) is 0 Å². The highest BCUT2D eigenvalue weighted by Gasteiger charge is 2.27. The summed E-state index contributed by atoms with van der Waals surface area (Å²) in [5.74, 6) is 1.20. The summed E-state index contributed by atoms with van der Waals surface area (Å²) in [5, 5.41) is 10.5. The molecule has 0 amide bonds. The molecule has 2 rings (SSSR count). The van der Waals surface area contributed by atoms with Gasteiger partial charge in [0.25, 0.3) is 0 Å². The molecule has 0 saturated carbocycles. The van der Waals surface area contributed by atoms with Gasteiger partial charge in [0.15, 0.2) is 0 Å². The number of rotatable bonds is 5. The second-order valence-corrected chi connectivity index (χ2v) is 5.86. The molecule has 0 aliphatic heterocycles. The van der Waals surface area contributed by atoms with E-state index in [1.165, 1.54) is 5.52 Å². The number of hydrogen-bond acceptors (Lipinski definition) is 2. The molecule has 3 nitrogen and oxygen atoms in total. The van der Waals surface area contributed by atoms with Gasteiger partial charge in [-0.25, -0.2) is 4.98 Å². The summed E-state index contributed by atoms with van der Waals surface area (Å²) < 4.78 is 2.24. The van der Waals surface area contributed by atoms with Gasteiger partial charge in [-0.05, 0) is 31.4 Å². The number of aliphatic hydroxyl groups is 1. The van der Waals surface area contributed by atoms with E-state index in [4.69, 9.17) is 4.98 Å². The Bertz CT molecular complexity index is 555. The Kier molecular flexibility index (Phi) is 3.95. The minimum absolute atomic E-state index is 0.211. The zero-order valence-corrected chi connectivity index (χ0v) is 12.3. The molecule has 19 heavy (non-hydrogen) atoms. The number of aryl methyl sites for hydroxylation is 1. The molecule has 0 spiro atoms. The maximum atomic E-state index is 10.5. The van der Waals surface area contributed by atoms with Crippen molar-refractivity contribution in [2.75, 3.05) is 0 Å². The quantitative estimate of drug-likeness (QED) is 0.894. The number of aromatic nitrogens is 2. The lowest BCUT2D eigenvalue weighted by molar-refractivity contribution is 0.0115. The molecule has 0 bridgehead atoms. The monoisotopic (exact) mass is 260 g/mol. The van der Waals surface area contributed by atoms with E-state index in [2.05, 4.69) is 17.6 Å². The number of fused-ring (bicyclic) bond motifs is 1. The molecule has 1 unspecified atom stereocenters. The van der Waals surface area contributed by atoms with Gasteiger partial charge in [-0.1, -0.05) is 32.9 Å². The summed E-state index contributed by atoms with van der Waals surface area (Å²) in [6.07, 6.45) is 1.66. The van der Waals surface area contributed by atoms with Gasteiger partial charge in [0.1, 0.15) is 5.82 Å². The molecule has 1 atom stereocenters. The van der Waals surface area contributed by atoms with Crippen LogP contribution in [0.3, 0.4) is 0 Å². The first-order valence-electron chi connectivity index (χ1n) is 7.12. The fourth-order valence-electron chi connectivity index (χ4n) is 2.26. The van der Waals surface area contributed by atoms with Crippen LogP contribution in [0.15, 0.2) is 24.3 Å². The summed E-state index contributed by atoms with van der Waals surface area (Å²) in [7, 11) is 0. The third-order valence-electron chi connectivity index (χ3n) is 3.94. The molecule has 3 heteroatoms. The maximum absolute atomic E-state index is 10.5. The Labute approximate surface area is 115 Å². The molecule has 1 N–H and O–H groups in total. The Hall–Kier alpha value is -1.35. The SMILES string of the molecule is CCCn1c(CC(C)(O)C(C)C)nc2ccccc21. The van der Waals surface area contributed by atoms with Gasteiger partial charge in [-0.2, -0.15) is 0 Å². The van der Waals surface area contributed by atoms with Crippen LogP contribution < -0.4 is 0 Å². The highest BCUT2D eigenvalue weighted by molar-refractivity contribution is 5.75. The van der Waals surface area contributed by atoms with E-state index in [0.29, 0.717) is 6.42 Å². The van der Waals surface area contributed by atoms with E-state index >= 15 is 0 Å². The van der Waals surface area contributed by atoms with Gasteiger partial charge in [-0.15, -0.1) is 0 Å². The fourth-order valence-corrected chi connectivity index (χ4v) is 2.26. The third-order valence-corrected chi connectivity index (χ3v) is 3.94. The Morgan fingerprint density at radius 2 is 2.00 bits per heavy atom. The predicted molar refractivity (Wildman–Crippen MR) is 79.2 cm³/mol. The average molecular weight is 260 g/mol. The summed E-state index contributed by atoms with van der Waals surface area (Å²) in [6.45, 7) is 9.11. The highest BCUT2D eigenvalue weighted by atomic mass is 16.3. The van der Waals surface area contributed by atoms with Crippen molar-refractivity contribution in [3.8, 4) is 0 Å². The first-order valence-corrected chi connectivity index (χ1v) is 7.12. The normalized spacial score (nSPS) is 15.1. The number of benzene rings is 1. The number of imidazole rings is 1. The van der Waals surface area contributed by atoms with Crippen molar-refractivity contribution in [3.05, 3.63) is 30.1 Å². The first-order chi connectivity index (χ1) is 8.95. The van der Waals surface area contributed by atoms with Crippen LogP contribution in [0, 0.1) is 5.92 Å². The lowest BCUT2D eigenvalue weighted by atomic mass is 9.89. The molecular formula is C16H24N2O. The Morgan fingerprint density at radius 3 is 2.63 bits per heavy atom. The van der Waals surface area contributed by atoms with Crippen molar-refractivity contribution in [2.24, 2.45) is 5.92 Å². The number of nitrogens with zero attached hydrogens (tertiary/aromatic N) is 2. The zero-order valence-electron chi connectivity index (χ0n) is 12.3. The summed E-state index contributed by atoms with van der Waals surface area (Å²) >= 11 is 0. The maximum Gasteiger partial charge on any atom is 0.112 e. The van der Waals surface area contributed by atoms with E-state index in [1.54, 1.807) is 0 Å². The third kappa shape index (κ3) is 2.81. The molecule has 1 aromatic heterocycles. The van der Waals surface area contributed by atoms with Crippen LogP contribution in [0.2, 0.25) is 0 Å². The van der Waals surface area contributed by atoms with Crippen LogP contribution in [-0.2, 0) is 13.0 Å². The topological polar surface area (TPSA) is 38.0 Å². The minimum atomic E-state index is -0.715. The number of hydrogen-bond donors (Lipinski definition) is 1. The molecule has 0 saturated heterocycles. The van der Waals surface area contributed by atoms with Gasteiger partial charge >= 0.3 is 0 Å².